The van der Waals surface area contributed by atoms with Gasteiger partial charge in [-0.3, -0.25) is 0 Å². The molecular formula is C15H24N2. The van der Waals surface area contributed by atoms with Crippen LogP contribution >= 0.6 is 0 Å². The van der Waals surface area contributed by atoms with Gasteiger partial charge in [-0.2, -0.15) is 0 Å². The summed E-state index contributed by atoms with van der Waals surface area (Å²) < 4.78 is 0. The first kappa shape index (κ1) is 12.4. The van der Waals surface area contributed by atoms with Crippen molar-refractivity contribution in [1.29, 1.82) is 0 Å². The van der Waals surface area contributed by atoms with Crippen LogP contribution in [0.1, 0.15) is 24.5 Å². The Morgan fingerprint density at radius 3 is 2.41 bits per heavy atom. The van der Waals surface area contributed by atoms with Gasteiger partial charge in [0.1, 0.15) is 0 Å². The largest absolute Gasteiger partial charge is 0.374 e. The molecule has 94 valence electrons. The minimum absolute atomic E-state index is 0.656. The van der Waals surface area contributed by atoms with E-state index in [4.69, 9.17) is 0 Å². The Hall–Kier alpha value is -1.02. The highest BCUT2D eigenvalue weighted by Gasteiger charge is 2.23. The number of benzene rings is 1. The van der Waals surface area contributed by atoms with Gasteiger partial charge in [-0.1, -0.05) is 6.07 Å². The molecule has 2 atom stereocenters. The lowest BCUT2D eigenvalue weighted by molar-refractivity contribution is 0.478. The van der Waals surface area contributed by atoms with Crippen LogP contribution in [0.25, 0.3) is 0 Å². The van der Waals surface area contributed by atoms with E-state index in [2.05, 4.69) is 56.2 Å². The average molecular weight is 232 g/mol. The standard InChI is InChI=1S/C15H24N2/c1-11-7-12(2)9-15(8-11)17(4)10-14-5-6-16-13(14)3/h7-9,13-14,16H,5-6,10H2,1-4H3. The zero-order valence-electron chi connectivity index (χ0n) is 11.5. The topological polar surface area (TPSA) is 15.3 Å². The molecular weight excluding hydrogens is 208 g/mol. The summed E-state index contributed by atoms with van der Waals surface area (Å²) >= 11 is 0. The minimum Gasteiger partial charge on any atom is -0.374 e. The number of rotatable bonds is 3. The molecule has 2 unspecified atom stereocenters. The van der Waals surface area contributed by atoms with Crippen LogP contribution in [0.2, 0.25) is 0 Å². The van der Waals surface area contributed by atoms with Crippen LogP contribution in [0.15, 0.2) is 18.2 Å². The molecule has 1 aliphatic heterocycles. The molecule has 1 heterocycles. The van der Waals surface area contributed by atoms with Crippen LogP contribution in [-0.4, -0.2) is 26.2 Å². The molecule has 0 radical (unpaired) electrons. The molecule has 0 spiro atoms. The molecule has 17 heavy (non-hydrogen) atoms. The Bertz CT molecular complexity index is 366. The Labute approximate surface area is 105 Å². The Morgan fingerprint density at radius 2 is 1.88 bits per heavy atom. The van der Waals surface area contributed by atoms with E-state index in [0.29, 0.717) is 6.04 Å². The van der Waals surface area contributed by atoms with Crippen molar-refractivity contribution in [2.75, 3.05) is 25.0 Å². The molecule has 1 aliphatic rings. The quantitative estimate of drug-likeness (QED) is 0.862. The van der Waals surface area contributed by atoms with Crippen LogP contribution in [0, 0.1) is 19.8 Å². The van der Waals surface area contributed by atoms with Crippen LogP contribution < -0.4 is 10.2 Å². The second-order valence-electron chi connectivity index (χ2n) is 5.52. The summed E-state index contributed by atoms with van der Waals surface area (Å²) in [5, 5.41) is 3.52. The summed E-state index contributed by atoms with van der Waals surface area (Å²) in [5.74, 6) is 0.779. The highest BCUT2D eigenvalue weighted by Crippen LogP contribution is 2.22. The number of hydrogen-bond acceptors (Lipinski definition) is 2. The fraction of sp³-hybridized carbons (Fsp3) is 0.600. The lowest BCUT2D eigenvalue weighted by Gasteiger charge is -2.26. The first-order chi connectivity index (χ1) is 8.06. The molecule has 0 amide bonds. The van der Waals surface area contributed by atoms with E-state index in [1.165, 1.54) is 29.8 Å². The predicted octanol–water partition coefficient (Wildman–Crippen LogP) is 2.74. The van der Waals surface area contributed by atoms with Crippen molar-refractivity contribution in [3.05, 3.63) is 29.3 Å². The lowest BCUT2D eigenvalue weighted by atomic mass is 10.0. The Kier molecular flexibility index (Phi) is 3.72. The smallest absolute Gasteiger partial charge is 0.0369 e. The number of anilines is 1. The molecule has 0 saturated carbocycles. The average Bonchev–Trinajstić information content (AvgIpc) is 2.63. The molecule has 1 fully saturated rings. The van der Waals surface area contributed by atoms with Crippen LogP contribution in [-0.2, 0) is 0 Å². The van der Waals surface area contributed by atoms with Gasteiger partial charge in [0.25, 0.3) is 0 Å². The van der Waals surface area contributed by atoms with Crippen molar-refractivity contribution in [3.8, 4) is 0 Å². The van der Waals surface area contributed by atoms with Crippen molar-refractivity contribution in [2.24, 2.45) is 5.92 Å². The summed E-state index contributed by atoms with van der Waals surface area (Å²) in [6.45, 7) is 8.96. The molecule has 1 aromatic carbocycles. The molecule has 2 heteroatoms. The monoisotopic (exact) mass is 232 g/mol. The second kappa shape index (κ2) is 5.09. The maximum Gasteiger partial charge on any atom is 0.0369 e. The van der Waals surface area contributed by atoms with E-state index in [-0.39, 0.29) is 0 Å². The molecule has 1 saturated heterocycles. The van der Waals surface area contributed by atoms with Gasteiger partial charge >= 0.3 is 0 Å². The number of aryl methyl sites for hydroxylation is 2. The highest BCUT2D eigenvalue weighted by atomic mass is 15.1. The van der Waals surface area contributed by atoms with Gasteiger partial charge in [-0.05, 0) is 62.9 Å². The maximum atomic E-state index is 3.52. The van der Waals surface area contributed by atoms with E-state index in [0.717, 1.165) is 12.5 Å². The van der Waals surface area contributed by atoms with E-state index in [9.17, 15) is 0 Å². The molecule has 1 aromatic rings. The van der Waals surface area contributed by atoms with Gasteiger partial charge in [0.15, 0.2) is 0 Å². The zero-order chi connectivity index (χ0) is 12.4. The van der Waals surface area contributed by atoms with Crippen molar-refractivity contribution < 1.29 is 0 Å². The molecule has 0 aliphatic carbocycles. The third-order valence-electron chi connectivity index (χ3n) is 3.84. The number of hydrogen-bond donors (Lipinski definition) is 1. The number of nitrogens with one attached hydrogen (secondary N) is 1. The van der Waals surface area contributed by atoms with Gasteiger partial charge in [0, 0.05) is 25.3 Å². The molecule has 2 rings (SSSR count). The summed E-state index contributed by atoms with van der Waals surface area (Å²) in [5.41, 5.74) is 4.05. The van der Waals surface area contributed by atoms with Crippen LogP contribution in [0.3, 0.4) is 0 Å². The number of nitrogens with zero attached hydrogens (tertiary/aromatic N) is 1. The fourth-order valence-electron chi connectivity index (χ4n) is 2.79. The van der Waals surface area contributed by atoms with Gasteiger partial charge in [0.2, 0.25) is 0 Å². The summed E-state index contributed by atoms with van der Waals surface area (Å²) in [4.78, 5) is 2.40. The maximum absolute atomic E-state index is 3.52. The SMILES string of the molecule is Cc1cc(C)cc(N(C)CC2CCNC2C)c1. The van der Waals surface area contributed by atoms with E-state index in [1.54, 1.807) is 0 Å². The molecule has 2 nitrogen and oxygen atoms in total. The second-order valence-corrected chi connectivity index (χ2v) is 5.52. The van der Waals surface area contributed by atoms with E-state index >= 15 is 0 Å². The summed E-state index contributed by atoms with van der Waals surface area (Å²) in [7, 11) is 2.21. The third-order valence-corrected chi connectivity index (χ3v) is 3.84. The fourth-order valence-corrected chi connectivity index (χ4v) is 2.79. The molecule has 0 bridgehead atoms. The van der Waals surface area contributed by atoms with Crippen molar-refractivity contribution in [1.82, 2.24) is 5.32 Å². The predicted molar refractivity (Wildman–Crippen MR) is 74.8 cm³/mol. The van der Waals surface area contributed by atoms with Gasteiger partial charge in [-0.25, -0.2) is 0 Å². The molecule has 1 N–H and O–H groups in total. The van der Waals surface area contributed by atoms with Crippen molar-refractivity contribution in [3.63, 3.8) is 0 Å². The van der Waals surface area contributed by atoms with Crippen molar-refractivity contribution >= 4 is 5.69 Å². The van der Waals surface area contributed by atoms with Gasteiger partial charge < -0.3 is 10.2 Å². The van der Waals surface area contributed by atoms with Gasteiger partial charge in [0.05, 0.1) is 0 Å². The summed E-state index contributed by atoms with van der Waals surface area (Å²) in [6.07, 6.45) is 1.30. The normalized spacial score (nSPS) is 24.0. The third kappa shape index (κ3) is 3.01. The minimum atomic E-state index is 0.656. The Balaban J connectivity index is 2.06. The van der Waals surface area contributed by atoms with E-state index < -0.39 is 0 Å². The van der Waals surface area contributed by atoms with E-state index in [1.807, 2.05) is 0 Å². The Morgan fingerprint density at radius 1 is 1.24 bits per heavy atom. The van der Waals surface area contributed by atoms with Crippen LogP contribution in [0.4, 0.5) is 5.69 Å². The van der Waals surface area contributed by atoms with Crippen molar-refractivity contribution in [2.45, 2.75) is 33.2 Å². The highest BCUT2D eigenvalue weighted by molar-refractivity contribution is 5.50. The first-order valence-electron chi connectivity index (χ1n) is 6.59. The van der Waals surface area contributed by atoms with Crippen LogP contribution in [0.5, 0.6) is 0 Å². The summed E-state index contributed by atoms with van der Waals surface area (Å²) in [6, 6.07) is 7.44. The zero-order valence-corrected chi connectivity index (χ0v) is 11.5. The van der Waals surface area contributed by atoms with Gasteiger partial charge in [-0.15, -0.1) is 0 Å². The molecule has 0 aromatic heterocycles. The first-order valence-corrected chi connectivity index (χ1v) is 6.59. The lowest BCUT2D eigenvalue weighted by Crippen LogP contribution is -2.32.